The molecule has 1 aromatic carbocycles. The van der Waals surface area contributed by atoms with Gasteiger partial charge in [0.2, 0.25) is 0 Å². The van der Waals surface area contributed by atoms with E-state index in [2.05, 4.69) is 0 Å². The van der Waals surface area contributed by atoms with Gasteiger partial charge in [-0.2, -0.15) is 0 Å². The molecule has 2 N–H and O–H groups in total. The monoisotopic (exact) mass is 268 g/mol. The Balaban J connectivity index is 2.24. The quantitative estimate of drug-likeness (QED) is 0.794. The molecule has 0 aromatic heterocycles. The molecule has 2 rings (SSSR count). The molecule has 2 unspecified atom stereocenters. The average molecular weight is 269 g/mol. The predicted molar refractivity (Wildman–Crippen MR) is 71.8 cm³/mol. The molecule has 0 aliphatic carbocycles. The van der Waals surface area contributed by atoms with Gasteiger partial charge in [0.25, 0.3) is 5.91 Å². The second kappa shape index (κ2) is 5.16. The van der Waals surface area contributed by atoms with E-state index in [1.54, 1.807) is 23.1 Å². The van der Waals surface area contributed by atoms with Crippen molar-refractivity contribution in [2.24, 2.45) is 0 Å². The van der Waals surface area contributed by atoms with Crippen molar-refractivity contribution >= 4 is 23.2 Å². The first-order valence-corrected chi connectivity index (χ1v) is 6.34. The largest absolute Gasteiger partial charge is 0.398 e. The molecule has 18 heavy (non-hydrogen) atoms. The Kier molecular flexibility index (Phi) is 3.78. The maximum atomic E-state index is 12.4. The van der Waals surface area contributed by atoms with Crippen LogP contribution in [0, 0.1) is 0 Å². The minimum Gasteiger partial charge on any atom is -0.398 e. The minimum atomic E-state index is -0.0631. The zero-order valence-corrected chi connectivity index (χ0v) is 11.3. The van der Waals surface area contributed by atoms with E-state index in [1.807, 2.05) is 13.8 Å². The number of morpholine rings is 1. The van der Waals surface area contributed by atoms with Crippen molar-refractivity contribution in [3.8, 4) is 0 Å². The molecule has 0 radical (unpaired) electrons. The molecule has 0 spiro atoms. The van der Waals surface area contributed by atoms with E-state index in [0.717, 1.165) is 0 Å². The maximum Gasteiger partial charge on any atom is 0.256 e. The highest BCUT2D eigenvalue weighted by molar-refractivity contribution is 6.31. The van der Waals surface area contributed by atoms with Gasteiger partial charge in [-0.15, -0.1) is 0 Å². The molecule has 1 amide bonds. The van der Waals surface area contributed by atoms with Crippen LogP contribution < -0.4 is 5.73 Å². The summed E-state index contributed by atoms with van der Waals surface area (Å²) in [6, 6.07) is 5.01. The molecule has 2 atom stereocenters. The summed E-state index contributed by atoms with van der Waals surface area (Å²) in [4.78, 5) is 14.2. The number of benzene rings is 1. The molecule has 4 nitrogen and oxygen atoms in total. The van der Waals surface area contributed by atoms with Gasteiger partial charge in [0.1, 0.15) is 0 Å². The maximum absolute atomic E-state index is 12.4. The molecule has 1 aromatic rings. The third-order valence-electron chi connectivity index (χ3n) is 3.11. The number of halogens is 1. The smallest absolute Gasteiger partial charge is 0.256 e. The van der Waals surface area contributed by atoms with Crippen molar-refractivity contribution < 1.29 is 9.53 Å². The molecule has 1 fully saturated rings. The topological polar surface area (TPSA) is 55.6 Å². The Bertz CT molecular complexity index is 464. The standard InChI is InChI=1S/C13H17ClN2O2/c1-8-7-18-9(2)6-16(8)13(17)11-4-3-10(14)5-12(11)15/h3-5,8-9H,6-7,15H2,1-2H3. The molecule has 0 bridgehead atoms. The fourth-order valence-electron chi connectivity index (χ4n) is 2.07. The van der Waals surface area contributed by atoms with Crippen molar-refractivity contribution in [3.63, 3.8) is 0 Å². The van der Waals surface area contributed by atoms with E-state index in [1.165, 1.54) is 0 Å². The van der Waals surface area contributed by atoms with Gasteiger partial charge in [-0.05, 0) is 32.0 Å². The molecular formula is C13H17ClN2O2. The Morgan fingerprint density at radius 3 is 2.89 bits per heavy atom. The van der Waals surface area contributed by atoms with Crippen molar-refractivity contribution in [1.82, 2.24) is 4.90 Å². The van der Waals surface area contributed by atoms with Crippen LogP contribution >= 0.6 is 11.6 Å². The highest BCUT2D eigenvalue weighted by Crippen LogP contribution is 2.22. The average Bonchev–Trinajstić information content (AvgIpc) is 2.31. The van der Waals surface area contributed by atoms with Crippen molar-refractivity contribution in [1.29, 1.82) is 0 Å². The first-order valence-electron chi connectivity index (χ1n) is 5.96. The lowest BCUT2D eigenvalue weighted by Crippen LogP contribution is -2.50. The first kappa shape index (κ1) is 13.2. The molecule has 0 saturated carbocycles. The number of carbonyl (C=O) groups is 1. The highest BCUT2D eigenvalue weighted by atomic mass is 35.5. The van der Waals surface area contributed by atoms with Crippen LogP contribution in [0.1, 0.15) is 24.2 Å². The van der Waals surface area contributed by atoms with Gasteiger partial charge in [0.05, 0.1) is 24.3 Å². The normalized spacial score (nSPS) is 24.1. The highest BCUT2D eigenvalue weighted by Gasteiger charge is 2.29. The van der Waals surface area contributed by atoms with Gasteiger partial charge in [0, 0.05) is 17.3 Å². The molecule has 98 valence electrons. The van der Waals surface area contributed by atoms with Crippen LogP contribution in [0.5, 0.6) is 0 Å². The van der Waals surface area contributed by atoms with Crippen LogP contribution in [0.25, 0.3) is 0 Å². The fraction of sp³-hybridized carbons (Fsp3) is 0.462. The molecule has 1 aliphatic rings. The van der Waals surface area contributed by atoms with E-state index in [0.29, 0.717) is 29.4 Å². The summed E-state index contributed by atoms with van der Waals surface area (Å²) >= 11 is 5.83. The third kappa shape index (κ3) is 2.60. The zero-order chi connectivity index (χ0) is 13.3. The van der Waals surface area contributed by atoms with Crippen LogP contribution in [0.15, 0.2) is 18.2 Å². The van der Waals surface area contributed by atoms with E-state index in [9.17, 15) is 4.79 Å². The van der Waals surface area contributed by atoms with Gasteiger partial charge in [-0.3, -0.25) is 4.79 Å². The van der Waals surface area contributed by atoms with Crippen molar-refractivity contribution in [2.45, 2.75) is 26.0 Å². The van der Waals surface area contributed by atoms with Crippen molar-refractivity contribution in [3.05, 3.63) is 28.8 Å². The summed E-state index contributed by atoms with van der Waals surface area (Å²) in [7, 11) is 0. The number of amides is 1. The molecule has 1 aliphatic heterocycles. The number of hydrogen-bond acceptors (Lipinski definition) is 3. The van der Waals surface area contributed by atoms with Crippen LogP contribution in [-0.2, 0) is 4.74 Å². The molecule has 5 heteroatoms. The van der Waals surface area contributed by atoms with Gasteiger partial charge >= 0.3 is 0 Å². The molecule has 1 heterocycles. The number of hydrogen-bond donors (Lipinski definition) is 1. The predicted octanol–water partition coefficient (Wildman–Crippen LogP) is 2.17. The lowest BCUT2D eigenvalue weighted by Gasteiger charge is -2.37. The van der Waals surface area contributed by atoms with E-state index in [4.69, 9.17) is 22.1 Å². The number of ether oxygens (including phenoxy) is 1. The van der Waals surface area contributed by atoms with Crippen molar-refractivity contribution in [2.75, 3.05) is 18.9 Å². The lowest BCUT2D eigenvalue weighted by molar-refractivity contribution is -0.0386. The molecule has 1 saturated heterocycles. The first-order chi connectivity index (χ1) is 8.49. The van der Waals surface area contributed by atoms with Crippen LogP contribution in [0.4, 0.5) is 5.69 Å². The Morgan fingerprint density at radius 2 is 2.22 bits per heavy atom. The summed E-state index contributed by atoms with van der Waals surface area (Å²) in [5, 5.41) is 0.535. The number of nitrogen functional groups attached to an aromatic ring is 1. The number of rotatable bonds is 1. The second-order valence-electron chi connectivity index (χ2n) is 4.68. The Hall–Kier alpha value is -1.26. The van der Waals surface area contributed by atoms with Gasteiger partial charge in [-0.25, -0.2) is 0 Å². The summed E-state index contributed by atoms with van der Waals surface area (Å²) in [5.41, 5.74) is 6.76. The van der Waals surface area contributed by atoms with E-state index >= 15 is 0 Å². The van der Waals surface area contributed by atoms with Crippen LogP contribution in [0.3, 0.4) is 0 Å². The fourth-order valence-corrected chi connectivity index (χ4v) is 2.25. The summed E-state index contributed by atoms with van der Waals surface area (Å²) in [5.74, 6) is -0.0631. The second-order valence-corrected chi connectivity index (χ2v) is 5.12. The van der Waals surface area contributed by atoms with E-state index < -0.39 is 0 Å². The zero-order valence-electron chi connectivity index (χ0n) is 10.5. The number of nitrogens with zero attached hydrogens (tertiary/aromatic N) is 1. The molecular weight excluding hydrogens is 252 g/mol. The number of carbonyl (C=O) groups excluding carboxylic acids is 1. The van der Waals surface area contributed by atoms with E-state index in [-0.39, 0.29) is 18.1 Å². The minimum absolute atomic E-state index is 0.0543. The van der Waals surface area contributed by atoms with Crippen LogP contribution in [0.2, 0.25) is 5.02 Å². The number of anilines is 1. The third-order valence-corrected chi connectivity index (χ3v) is 3.35. The number of nitrogens with two attached hydrogens (primary N) is 1. The Labute approximate surface area is 112 Å². The van der Waals surface area contributed by atoms with Gasteiger partial charge in [-0.1, -0.05) is 11.6 Å². The summed E-state index contributed by atoms with van der Waals surface area (Å²) < 4.78 is 5.51. The Morgan fingerprint density at radius 1 is 1.50 bits per heavy atom. The summed E-state index contributed by atoms with van der Waals surface area (Å²) in [6.45, 7) is 5.07. The SMILES string of the molecule is CC1CN(C(=O)c2ccc(Cl)cc2N)C(C)CO1. The van der Waals surface area contributed by atoms with Gasteiger partial charge in [0.15, 0.2) is 0 Å². The van der Waals surface area contributed by atoms with Gasteiger partial charge < -0.3 is 15.4 Å². The summed E-state index contributed by atoms with van der Waals surface area (Å²) in [6.07, 6.45) is 0.0543. The van der Waals surface area contributed by atoms with Crippen LogP contribution in [-0.4, -0.2) is 36.1 Å². The lowest BCUT2D eigenvalue weighted by atomic mass is 10.1.